The highest BCUT2D eigenvalue weighted by Gasteiger charge is 2.24. The molecular formula is C18H18ClN3OS. The highest BCUT2D eigenvalue weighted by molar-refractivity contribution is 7.17. The fourth-order valence-corrected chi connectivity index (χ4v) is 4.21. The first-order valence-electron chi connectivity index (χ1n) is 7.96. The molecule has 124 valence electrons. The second-order valence-electron chi connectivity index (χ2n) is 6.01. The number of nitrogens with zero attached hydrogens (tertiary/aromatic N) is 3. The lowest BCUT2D eigenvalue weighted by atomic mass is 10.2. The molecule has 0 bridgehead atoms. The van der Waals surface area contributed by atoms with E-state index in [-0.39, 0.29) is 5.91 Å². The van der Waals surface area contributed by atoms with Gasteiger partial charge in [-0.1, -0.05) is 11.6 Å². The van der Waals surface area contributed by atoms with Crippen LogP contribution >= 0.6 is 22.9 Å². The van der Waals surface area contributed by atoms with Gasteiger partial charge >= 0.3 is 0 Å². The van der Waals surface area contributed by atoms with Crippen LogP contribution in [0.3, 0.4) is 0 Å². The maximum absolute atomic E-state index is 12.8. The fraction of sp³-hybridized carbons (Fsp3) is 0.278. The minimum atomic E-state index is 0.122. The minimum absolute atomic E-state index is 0.122. The van der Waals surface area contributed by atoms with Gasteiger partial charge in [-0.05, 0) is 41.8 Å². The third-order valence-electron chi connectivity index (χ3n) is 4.64. The first-order valence-corrected chi connectivity index (χ1v) is 9.22. The number of piperazine rings is 1. The predicted octanol–water partition coefficient (Wildman–Crippen LogP) is 3.86. The number of aromatic nitrogens is 1. The Labute approximate surface area is 149 Å². The van der Waals surface area contributed by atoms with Crippen molar-refractivity contribution >= 4 is 44.7 Å². The number of carbonyl (C=O) groups is 1. The average Bonchev–Trinajstić information content (AvgIpc) is 3.18. The van der Waals surface area contributed by atoms with E-state index < -0.39 is 0 Å². The Morgan fingerprint density at radius 2 is 1.79 bits per heavy atom. The molecule has 1 saturated heterocycles. The van der Waals surface area contributed by atoms with Crippen molar-refractivity contribution in [3.63, 3.8) is 0 Å². The number of hydrogen-bond acceptors (Lipinski definition) is 3. The maximum Gasteiger partial charge on any atom is 0.270 e. The zero-order valence-corrected chi connectivity index (χ0v) is 15.0. The summed E-state index contributed by atoms with van der Waals surface area (Å²) in [7, 11) is 1.96. The molecule has 1 aliphatic heterocycles. The zero-order valence-electron chi connectivity index (χ0n) is 13.4. The molecule has 0 radical (unpaired) electrons. The molecule has 0 unspecified atom stereocenters. The van der Waals surface area contributed by atoms with Crippen molar-refractivity contribution in [3.05, 3.63) is 52.5 Å². The monoisotopic (exact) mass is 359 g/mol. The van der Waals surface area contributed by atoms with E-state index in [9.17, 15) is 4.79 Å². The first kappa shape index (κ1) is 15.5. The van der Waals surface area contributed by atoms with Gasteiger partial charge in [0.05, 0.1) is 10.2 Å². The van der Waals surface area contributed by atoms with Crippen LogP contribution in [-0.2, 0) is 7.05 Å². The molecule has 4 nitrogen and oxygen atoms in total. The van der Waals surface area contributed by atoms with Gasteiger partial charge in [0.1, 0.15) is 5.69 Å². The molecule has 0 N–H and O–H groups in total. The van der Waals surface area contributed by atoms with Gasteiger partial charge in [-0.3, -0.25) is 4.79 Å². The highest BCUT2D eigenvalue weighted by atomic mass is 35.5. The summed E-state index contributed by atoms with van der Waals surface area (Å²) in [5, 5.41) is 2.81. The van der Waals surface area contributed by atoms with Crippen LogP contribution in [0.15, 0.2) is 41.8 Å². The molecule has 0 spiro atoms. The molecule has 2 aromatic heterocycles. The van der Waals surface area contributed by atoms with Crippen molar-refractivity contribution in [1.29, 1.82) is 0 Å². The van der Waals surface area contributed by atoms with E-state index in [0.717, 1.165) is 48.1 Å². The van der Waals surface area contributed by atoms with Gasteiger partial charge in [-0.15, -0.1) is 11.3 Å². The smallest absolute Gasteiger partial charge is 0.270 e. The molecule has 0 saturated carbocycles. The fourth-order valence-electron chi connectivity index (χ4n) is 3.24. The van der Waals surface area contributed by atoms with E-state index in [1.807, 2.05) is 46.8 Å². The summed E-state index contributed by atoms with van der Waals surface area (Å²) < 4.78 is 3.17. The van der Waals surface area contributed by atoms with Crippen LogP contribution < -0.4 is 4.90 Å². The quantitative estimate of drug-likeness (QED) is 0.695. The van der Waals surface area contributed by atoms with Crippen LogP contribution in [0.1, 0.15) is 10.5 Å². The van der Waals surface area contributed by atoms with Crippen molar-refractivity contribution in [1.82, 2.24) is 9.47 Å². The molecule has 0 aliphatic carbocycles. The summed E-state index contributed by atoms with van der Waals surface area (Å²) in [5.41, 5.74) is 3.06. The topological polar surface area (TPSA) is 28.5 Å². The third-order valence-corrected chi connectivity index (χ3v) is 5.75. The van der Waals surface area contributed by atoms with Gasteiger partial charge in [0.15, 0.2) is 0 Å². The van der Waals surface area contributed by atoms with Gasteiger partial charge in [-0.2, -0.15) is 0 Å². The number of anilines is 1. The number of fused-ring (bicyclic) bond motifs is 1. The van der Waals surface area contributed by atoms with Crippen LogP contribution in [0.2, 0.25) is 5.02 Å². The van der Waals surface area contributed by atoms with Crippen LogP contribution in [0.4, 0.5) is 5.69 Å². The summed E-state index contributed by atoms with van der Waals surface area (Å²) in [4.78, 5) is 17.1. The van der Waals surface area contributed by atoms with Crippen molar-refractivity contribution in [2.45, 2.75) is 0 Å². The summed E-state index contributed by atoms with van der Waals surface area (Å²) in [6, 6.07) is 12.0. The summed E-state index contributed by atoms with van der Waals surface area (Å²) in [6.07, 6.45) is 0. The lowest BCUT2D eigenvalue weighted by molar-refractivity contribution is 0.0737. The Kier molecular flexibility index (Phi) is 3.98. The summed E-state index contributed by atoms with van der Waals surface area (Å²) >= 11 is 7.62. The van der Waals surface area contributed by atoms with Crippen LogP contribution in [-0.4, -0.2) is 41.6 Å². The predicted molar refractivity (Wildman–Crippen MR) is 100 cm³/mol. The maximum atomic E-state index is 12.8. The van der Waals surface area contributed by atoms with Crippen molar-refractivity contribution in [2.75, 3.05) is 31.1 Å². The first-order chi connectivity index (χ1) is 11.6. The number of aryl methyl sites for hydroxylation is 1. The molecule has 1 aromatic carbocycles. The van der Waals surface area contributed by atoms with Gasteiger partial charge in [0.2, 0.25) is 0 Å². The van der Waals surface area contributed by atoms with E-state index in [4.69, 9.17) is 11.6 Å². The standard InChI is InChI=1S/C18H18ClN3OS/c1-20-15-6-11-24-17(15)12-16(20)18(23)22-9-7-21(8-10-22)14-4-2-13(19)3-5-14/h2-6,11-12H,7-10H2,1H3. The van der Waals surface area contributed by atoms with Gasteiger partial charge in [-0.25, -0.2) is 0 Å². The van der Waals surface area contributed by atoms with Gasteiger partial charge < -0.3 is 14.4 Å². The lowest BCUT2D eigenvalue weighted by Crippen LogP contribution is -2.49. The number of benzene rings is 1. The van der Waals surface area contributed by atoms with Gasteiger partial charge in [0, 0.05) is 43.9 Å². The molecular weight excluding hydrogens is 342 g/mol. The van der Waals surface area contributed by atoms with E-state index >= 15 is 0 Å². The highest BCUT2D eigenvalue weighted by Crippen LogP contribution is 2.26. The molecule has 3 heterocycles. The molecule has 3 aromatic rings. The van der Waals surface area contributed by atoms with E-state index in [1.54, 1.807) is 11.3 Å². The SMILES string of the molecule is Cn1c(C(=O)N2CCN(c3ccc(Cl)cc3)CC2)cc2sccc21. The van der Waals surface area contributed by atoms with E-state index in [0.29, 0.717) is 0 Å². The Balaban J connectivity index is 1.47. The minimum Gasteiger partial charge on any atom is -0.368 e. The number of hydrogen-bond donors (Lipinski definition) is 0. The Bertz CT molecular complexity index is 875. The van der Waals surface area contributed by atoms with Crippen molar-refractivity contribution < 1.29 is 4.79 Å². The Morgan fingerprint density at radius 1 is 1.08 bits per heavy atom. The molecule has 6 heteroatoms. The largest absolute Gasteiger partial charge is 0.368 e. The second-order valence-corrected chi connectivity index (χ2v) is 7.40. The Morgan fingerprint density at radius 3 is 2.46 bits per heavy atom. The molecule has 1 fully saturated rings. The zero-order chi connectivity index (χ0) is 16.7. The van der Waals surface area contributed by atoms with Crippen molar-refractivity contribution in [2.24, 2.45) is 7.05 Å². The molecule has 1 aliphatic rings. The number of rotatable bonds is 2. The summed E-state index contributed by atoms with van der Waals surface area (Å²) in [6.45, 7) is 3.15. The lowest BCUT2D eigenvalue weighted by Gasteiger charge is -2.36. The molecule has 4 rings (SSSR count). The van der Waals surface area contributed by atoms with Crippen molar-refractivity contribution in [3.8, 4) is 0 Å². The Hall–Kier alpha value is -1.98. The number of amides is 1. The molecule has 24 heavy (non-hydrogen) atoms. The van der Waals surface area contributed by atoms with Crippen LogP contribution in [0.5, 0.6) is 0 Å². The van der Waals surface area contributed by atoms with Crippen LogP contribution in [0, 0.1) is 0 Å². The normalized spacial score (nSPS) is 15.2. The average molecular weight is 360 g/mol. The molecule has 0 atom stereocenters. The third kappa shape index (κ3) is 2.68. The number of thiophene rings is 1. The van der Waals surface area contributed by atoms with Crippen LogP contribution in [0.25, 0.3) is 10.2 Å². The second kappa shape index (κ2) is 6.15. The molecule has 1 amide bonds. The van der Waals surface area contributed by atoms with Gasteiger partial charge in [0.25, 0.3) is 5.91 Å². The van der Waals surface area contributed by atoms with E-state index in [2.05, 4.69) is 16.3 Å². The summed E-state index contributed by atoms with van der Waals surface area (Å²) in [5.74, 6) is 0.122. The van der Waals surface area contributed by atoms with E-state index in [1.165, 1.54) is 4.70 Å². The number of carbonyl (C=O) groups excluding carboxylic acids is 1. The number of halogens is 1.